The minimum absolute atomic E-state index is 0.0650. The molecule has 1 N–H and O–H groups in total. The lowest BCUT2D eigenvalue weighted by Crippen LogP contribution is -2.46. The predicted molar refractivity (Wildman–Crippen MR) is 142 cm³/mol. The van der Waals surface area contributed by atoms with E-state index in [4.69, 9.17) is 18.9 Å². The number of hydrogen-bond donors (Lipinski definition) is 1. The average molecular weight is 493 g/mol. The fraction of sp³-hybridized carbons (Fsp3) is 0.419. The van der Waals surface area contributed by atoms with E-state index >= 15 is 0 Å². The third-order valence-electron chi connectivity index (χ3n) is 6.51. The van der Waals surface area contributed by atoms with Gasteiger partial charge in [0.1, 0.15) is 6.10 Å². The van der Waals surface area contributed by atoms with E-state index in [-0.39, 0.29) is 30.7 Å². The number of rotatable bonds is 16. The molecule has 0 aliphatic heterocycles. The minimum atomic E-state index is -0.469. The molecule has 5 heteroatoms. The highest BCUT2D eigenvalue weighted by Crippen LogP contribution is 2.27. The zero-order chi connectivity index (χ0) is 25.6. The summed E-state index contributed by atoms with van der Waals surface area (Å²) in [6.07, 6.45) is -1.01. The van der Waals surface area contributed by atoms with Gasteiger partial charge in [-0.3, -0.25) is 0 Å². The van der Waals surface area contributed by atoms with Gasteiger partial charge in [0, 0.05) is 18.9 Å². The number of aliphatic hydroxyl groups is 1. The standard InChI is InChI=1S/C31H40O5/c1-24(20-34-21-26-13-7-4-8-14-26)30(35-22-27-15-9-5-10-16-27)25(2)31(29(19-32)33-3)36-23-28-17-11-6-12-18-28/h4-18,24-25,29-32H,19-23H2,1-3H3/t24-,25+,29-,30-,31-/m0/s1. The Morgan fingerprint density at radius 3 is 1.53 bits per heavy atom. The molecule has 3 aromatic rings. The number of methoxy groups -OCH3 is 1. The van der Waals surface area contributed by atoms with E-state index in [9.17, 15) is 5.11 Å². The van der Waals surface area contributed by atoms with Crippen LogP contribution in [0.25, 0.3) is 0 Å². The Morgan fingerprint density at radius 1 is 0.639 bits per heavy atom. The molecule has 0 saturated carbocycles. The minimum Gasteiger partial charge on any atom is -0.394 e. The first-order valence-electron chi connectivity index (χ1n) is 12.7. The van der Waals surface area contributed by atoms with Gasteiger partial charge in [-0.05, 0) is 16.7 Å². The third-order valence-corrected chi connectivity index (χ3v) is 6.51. The van der Waals surface area contributed by atoms with Crippen molar-refractivity contribution in [3.63, 3.8) is 0 Å². The zero-order valence-corrected chi connectivity index (χ0v) is 21.7. The molecular weight excluding hydrogens is 452 g/mol. The van der Waals surface area contributed by atoms with Gasteiger partial charge in [0.25, 0.3) is 0 Å². The summed E-state index contributed by atoms with van der Waals surface area (Å²) in [4.78, 5) is 0. The zero-order valence-electron chi connectivity index (χ0n) is 21.7. The molecule has 0 saturated heterocycles. The van der Waals surface area contributed by atoms with Crippen molar-refractivity contribution in [2.24, 2.45) is 11.8 Å². The monoisotopic (exact) mass is 492 g/mol. The predicted octanol–water partition coefficient (Wildman–Crippen LogP) is 5.65. The number of hydrogen-bond acceptors (Lipinski definition) is 5. The summed E-state index contributed by atoms with van der Waals surface area (Å²) in [6, 6.07) is 30.4. The first kappa shape index (κ1) is 28.0. The lowest BCUT2D eigenvalue weighted by Gasteiger charge is -2.37. The van der Waals surface area contributed by atoms with Gasteiger partial charge in [0.2, 0.25) is 0 Å². The van der Waals surface area contributed by atoms with Crippen molar-refractivity contribution < 1.29 is 24.1 Å². The average Bonchev–Trinajstić information content (AvgIpc) is 2.93. The van der Waals surface area contributed by atoms with Gasteiger partial charge in [-0.25, -0.2) is 0 Å². The Morgan fingerprint density at radius 2 is 1.08 bits per heavy atom. The normalized spacial score (nSPS) is 15.7. The maximum absolute atomic E-state index is 10.1. The van der Waals surface area contributed by atoms with Crippen molar-refractivity contribution >= 4 is 0 Å². The summed E-state index contributed by atoms with van der Waals surface area (Å²) >= 11 is 0. The van der Waals surface area contributed by atoms with Crippen LogP contribution in [0.3, 0.4) is 0 Å². The van der Waals surface area contributed by atoms with Crippen LogP contribution >= 0.6 is 0 Å². The molecule has 0 bridgehead atoms. The number of aliphatic hydroxyl groups excluding tert-OH is 1. The molecular formula is C31H40O5. The molecule has 0 heterocycles. The van der Waals surface area contributed by atoms with Crippen LogP contribution in [0, 0.1) is 11.8 Å². The van der Waals surface area contributed by atoms with Crippen LogP contribution in [-0.4, -0.2) is 43.7 Å². The fourth-order valence-corrected chi connectivity index (χ4v) is 4.50. The van der Waals surface area contributed by atoms with Crippen molar-refractivity contribution in [3.05, 3.63) is 108 Å². The number of ether oxygens (including phenoxy) is 4. The molecule has 0 radical (unpaired) electrons. The van der Waals surface area contributed by atoms with Gasteiger partial charge in [0.15, 0.2) is 0 Å². The van der Waals surface area contributed by atoms with E-state index in [1.807, 2.05) is 66.7 Å². The molecule has 0 unspecified atom stereocenters. The second kappa shape index (κ2) is 15.5. The summed E-state index contributed by atoms with van der Waals surface area (Å²) in [5, 5.41) is 10.1. The Labute approximate surface area is 216 Å². The lowest BCUT2D eigenvalue weighted by atomic mass is 9.87. The van der Waals surface area contributed by atoms with E-state index in [1.54, 1.807) is 7.11 Å². The highest BCUT2D eigenvalue weighted by atomic mass is 16.5. The van der Waals surface area contributed by atoms with Gasteiger partial charge in [-0.15, -0.1) is 0 Å². The first-order valence-corrected chi connectivity index (χ1v) is 12.7. The van der Waals surface area contributed by atoms with Gasteiger partial charge in [-0.2, -0.15) is 0 Å². The van der Waals surface area contributed by atoms with Crippen LogP contribution < -0.4 is 0 Å². The Hall–Kier alpha value is -2.54. The molecule has 194 valence electrons. The van der Waals surface area contributed by atoms with Crippen molar-refractivity contribution in [1.82, 2.24) is 0 Å². The maximum atomic E-state index is 10.1. The quantitative estimate of drug-likeness (QED) is 0.280. The molecule has 0 aromatic heterocycles. The second-order valence-corrected chi connectivity index (χ2v) is 9.32. The molecule has 36 heavy (non-hydrogen) atoms. The summed E-state index contributed by atoms with van der Waals surface area (Å²) in [5.74, 6) is 0.0244. The van der Waals surface area contributed by atoms with Crippen molar-refractivity contribution in [2.75, 3.05) is 20.3 Å². The molecule has 0 fully saturated rings. The Kier molecular flexibility index (Phi) is 12.1. The molecule has 0 spiro atoms. The molecule has 3 aromatic carbocycles. The molecule has 0 aliphatic rings. The van der Waals surface area contributed by atoms with Crippen LogP contribution in [0.2, 0.25) is 0 Å². The van der Waals surface area contributed by atoms with E-state index in [1.165, 1.54) is 0 Å². The van der Waals surface area contributed by atoms with Crippen LogP contribution in [0.4, 0.5) is 0 Å². The van der Waals surface area contributed by atoms with Crippen molar-refractivity contribution in [3.8, 4) is 0 Å². The van der Waals surface area contributed by atoms with E-state index < -0.39 is 6.10 Å². The Bertz CT molecular complexity index is 946. The van der Waals surface area contributed by atoms with Gasteiger partial charge >= 0.3 is 0 Å². The van der Waals surface area contributed by atoms with Gasteiger partial charge in [0.05, 0.1) is 45.2 Å². The second-order valence-electron chi connectivity index (χ2n) is 9.32. The van der Waals surface area contributed by atoms with Gasteiger partial charge < -0.3 is 24.1 Å². The van der Waals surface area contributed by atoms with Crippen LogP contribution in [0.1, 0.15) is 30.5 Å². The van der Waals surface area contributed by atoms with E-state index in [0.717, 1.165) is 16.7 Å². The summed E-state index contributed by atoms with van der Waals surface area (Å²) < 4.78 is 24.6. The molecule has 0 aliphatic carbocycles. The summed E-state index contributed by atoms with van der Waals surface area (Å²) in [5.41, 5.74) is 3.33. The van der Waals surface area contributed by atoms with Crippen molar-refractivity contribution in [1.29, 1.82) is 0 Å². The molecule has 3 rings (SSSR count). The molecule has 5 atom stereocenters. The lowest BCUT2D eigenvalue weighted by molar-refractivity contribution is -0.148. The molecule has 5 nitrogen and oxygen atoms in total. The SMILES string of the molecule is CO[C@@H](CO)[C@@H](OCc1ccccc1)[C@H](C)[C@@H](OCc1ccccc1)[C@@H](C)COCc1ccccc1. The van der Waals surface area contributed by atoms with E-state index in [0.29, 0.717) is 26.4 Å². The fourth-order valence-electron chi connectivity index (χ4n) is 4.50. The summed E-state index contributed by atoms with van der Waals surface area (Å²) in [7, 11) is 1.61. The van der Waals surface area contributed by atoms with Crippen LogP contribution in [-0.2, 0) is 38.8 Å². The molecule has 0 amide bonds. The van der Waals surface area contributed by atoms with E-state index in [2.05, 4.69) is 38.1 Å². The third kappa shape index (κ3) is 8.84. The van der Waals surface area contributed by atoms with Crippen LogP contribution in [0.15, 0.2) is 91.0 Å². The van der Waals surface area contributed by atoms with Gasteiger partial charge in [-0.1, -0.05) is 105 Å². The van der Waals surface area contributed by atoms with Crippen molar-refractivity contribution in [2.45, 2.75) is 52.0 Å². The number of benzene rings is 3. The smallest absolute Gasteiger partial charge is 0.107 e. The maximum Gasteiger partial charge on any atom is 0.107 e. The highest BCUT2D eigenvalue weighted by Gasteiger charge is 2.36. The Balaban J connectivity index is 1.73. The highest BCUT2D eigenvalue weighted by molar-refractivity contribution is 5.15. The van der Waals surface area contributed by atoms with Crippen LogP contribution in [0.5, 0.6) is 0 Å². The largest absolute Gasteiger partial charge is 0.394 e. The first-order chi connectivity index (χ1) is 17.6. The summed E-state index contributed by atoms with van der Waals surface area (Å²) in [6.45, 7) is 6.13. The topological polar surface area (TPSA) is 57.2 Å².